The molecule has 110 valence electrons. The second-order valence-corrected chi connectivity index (χ2v) is 5.60. The lowest BCUT2D eigenvalue weighted by molar-refractivity contribution is 0.0925. The third kappa shape index (κ3) is 2.89. The van der Waals surface area contributed by atoms with Crippen molar-refractivity contribution in [2.45, 2.75) is 39.0 Å². The van der Waals surface area contributed by atoms with Crippen molar-refractivity contribution < 1.29 is 14.6 Å². The van der Waals surface area contributed by atoms with Crippen LogP contribution in [0.2, 0.25) is 0 Å². The highest BCUT2D eigenvalue weighted by Crippen LogP contribution is 2.40. The third-order valence-electron chi connectivity index (χ3n) is 4.50. The fourth-order valence-corrected chi connectivity index (χ4v) is 3.01. The summed E-state index contributed by atoms with van der Waals surface area (Å²) >= 11 is 0. The van der Waals surface area contributed by atoms with Crippen LogP contribution in [0, 0.1) is 5.41 Å². The molecule has 1 aliphatic carbocycles. The number of rotatable bonds is 5. The minimum atomic E-state index is -0.235. The molecule has 0 aromatic heterocycles. The van der Waals surface area contributed by atoms with Crippen LogP contribution in [0.1, 0.15) is 49.4 Å². The van der Waals surface area contributed by atoms with E-state index in [1.54, 1.807) is 18.2 Å². The van der Waals surface area contributed by atoms with Crippen LogP contribution < -0.4 is 10.1 Å². The van der Waals surface area contributed by atoms with Crippen molar-refractivity contribution in [3.63, 3.8) is 0 Å². The van der Waals surface area contributed by atoms with Gasteiger partial charge in [-0.15, -0.1) is 0 Å². The van der Waals surface area contributed by atoms with Crippen LogP contribution >= 0.6 is 0 Å². The zero-order valence-electron chi connectivity index (χ0n) is 12.2. The molecule has 0 atom stereocenters. The van der Waals surface area contributed by atoms with Crippen molar-refractivity contribution in [1.82, 2.24) is 5.32 Å². The second kappa shape index (κ2) is 6.16. The summed E-state index contributed by atoms with van der Waals surface area (Å²) < 4.78 is 5.02. The van der Waals surface area contributed by atoms with Crippen LogP contribution in [0.25, 0.3) is 0 Å². The molecule has 1 fully saturated rings. The summed E-state index contributed by atoms with van der Waals surface area (Å²) in [6.07, 6.45) is 5.92. The maximum atomic E-state index is 12.2. The van der Waals surface area contributed by atoms with E-state index in [2.05, 4.69) is 12.2 Å². The normalized spacial score (nSPS) is 16.9. The van der Waals surface area contributed by atoms with Gasteiger partial charge < -0.3 is 15.2 Å². The number of phenols is 1. The molecule has 1 aliphatic rings. The van der Waals surface area contributed by atoms with Crippen molar-refractivity contribution in [1.29, 1.82) is 0 Å². The molecule has 0 aliphatic heterocycles. The number of hydrogen-bond donors (Lipinski definition) is 2. The molecule has 1 amide bonds. The van der Waals surface area contributed by atoms with Gasteiger partial charge in [0.25, 0.3) is 5.91 Å². The average Bonchev–Trinajstić information content (AvgIpc) is 2.94. The lowest BCUT2D eigenvalue weighted by atomic mass is 9.83. The van der Waals surface area contributed by atoms with E-state index in [0.29, 0.717) is 12.3 Å². The van der Waals surface area contributed by atoms with Gasteiger partial charge in [-0.3, -0.25) is 4.79 Å². The highest BCUT2D eigenvalue weighted by Gasteiger charge is 2.32. The quantitative estimate of drug-likeness (QED) is 0.869. The van der Waals surface area contributed by atoms with Crippen LogP contribution in [0.15, 0.2) is 18.2 Å². The number of ether oxygens (including phenoxy) is 1. The first-order valence-corrected chi connectivity index (χ1v) is 7.26. The first-order valence-electron chi connectivity index (χ1n) is 7.26. The van der Waals surface area contributed by atoms with Gasteiger partial charge in [-0.25, -0.2) is 0 Å². The monoisotopic (exact) mass is 277 g/mol. The molecule has 4 heteroatoms. The van der Waals surface area contributed by atoms with Crippen LogP contribution in [0.3, 0.4) is 0 Å². The Labute approximate surface area is 120 Å². The van der Waals surface area contributed by atoms with E-state index in [4.69, 9.17) is 4.74 Å². The minimum absolute atomic E-state index is 0.0931. The molecular weight excluding hydrogens is 254 g/mol. The van der Waals surface area contributed by atoms with Crippen molar-refractivity contribution in [3.8, 4) is 11.5 Å². The Kier molecular flexibility index (Phi) is 4.53. The van der Waals surface area contributed by atoms with Crippen LogP contribution in [-0.2, 0) is 0 Å². The topological polar surface area (TPSA) is 58.6 Å². The van der Waals surface area contributed by atoms with Gasteiger partial charge in [-0.2, -0.15) is 0 Å². The Balaban J connectivity index is 2.05. The predicted octanol–water partition coefficient (Wildman–Crippen LogP) is 3.10. The third-order valence-corrected chi connectivity index (χ3v) is 4.50. The lowest BCUT2D eigenvalue weighted by Crippen LogP contribution is -2.35. The van der Waals surface area contributed by atoms with E-state index in [1.165, 1.54) is 32.8 Å². The smallest absolute Gasteiger partial charge is 0.255 e. The van der Waals surface area contributed by atoms with Gasteiger partial charge in [0, 0.05) is 6.54 Å². The number of nitrogens with one attached hydrogen (secondary N) is 1. The largest absolute Gasteiger partial charge is 0.504 e. The first-order chi connectivity index (χ1) is 9.62. The maximum absolute atomic E-state index is 12.2. The molecule has 0 radical (unpaired) electrons. The highest BCUT2D eigenvalue weighted by atomic mass is 16.5. The summed E-state index contributed by atoms with van der Waals surface area (Å²) in [5.41, 5.74) is 0.512. The molecule has 1 aromatic carbocycles. The second-order valence-electron chi connectivity index (χ2n) is 5.60. The van der Waals surface area contributed by atoms with Gasteiger partial charge in [0.1, 0.15) is 0 Å². The van der Waals surface area contributed by atoms with Gasteiger partial charge >= 0.3 is 0 Å². The summed E-state index contributed by atoms with van der Waals surface area (Å²) in [6.45, 7) is 2.86. The van der Waals surface area contributed by atoms with E-state index >= 15 is 0 Å². The summed E-state index contributed by atoms with van der Waals surface area (Å²) in [6, 6.07) is 4.95. The summed E-state index contributed by atoms with van der Waals surface area (Å²) in [5, 5.41) is 13.0. The molecule has 0 unspecified atom stereocenters. The zero-order valence-corrected chi connectivity index (χ0v) is 12.2. The molecule has 4 nitrogen and oxygen atoms in total. The van der Waals surface area contributed by atoms with Gasteiger partial charge in [-0.1, -0.05) is 25.8 Å². The van der Waals surface area contributed by atoms with Crippen LogP contribution in [0.4, 0.5) is 0 Å². The maximum Gasteiger partial charge on any atom is 0.255 e. The summed E-state index contributed by atoms with van der Waals surface area (Å²) in [5.74, 6) is -0.00526. The Bertz CT molecular complexity index is 479. The van der Waals surface area contributed by atoms with E-state index in [1.807, 2.05) is 0 Å². The SMILES string of the molecule is CCC1(CNC(=O)c2cccc(OC)c2O)CCCC1. The number of aromatic hydroxyl groups is 1. The molecule has 0 saturated heterocycles. The molecule has 2 N–H and O–H groups in total. The van der Waals surface area contributed by atoms with E-state index in [9.17, 15) is 9.90 Å². The zero-order chi connectivity index (χ0) is 14.6. The molecular formula is C16H23NO3. The number of methoxy groups -OCH3 is 1. The standard InChI is InChI=1S/C16H23NO3/c1-3-16(9-4-5-10-16)11-17-15(19)12-7-6-8-13(20-2)14(12)18/h6-8,18H,3-5,9-11H2,1-2H3,(H,17,19). The number of carbonyl (C=O) groups excluding carboxylic acids is 1. The molecule has 0 heterocycles. The Morgan fingerprint density at radius 3 is 2.70 bits per heavy atom. The summed E-state index contributed by atoms with van der Waals surface area (Å²) in [7, 11) is 1.47. The number of hydrogen-bond acceptors (Lipinski definition) is 3. The molecule has 2 rings (SSSR count). The van der Waals surface area contributed by atoms with Crippen molar-refractivity contribution in [2.75, 3.05) is 13.7 Å². The highest BCUT2D eigenvalue weighted by molar-refractivity contribution is 5.97. The molecule has 20 heavy (non-hydrogen) atoms. The van der Waals surface area contributed by atoms with E-state index in [-0.39, 0.29) is 22.6 Å². The van der Waals surface area contributed by atoms with Gasteiger partial charge in [0.2, 0.25) is 0 Å². The minimum Gasteiger partial charge on any atom is -0.504 e. The Morgan fingerprint density at radius 2 is 2.10 bits per heavy atom. The van der Waals surface area contributed by atoms with Crippen molar-refractivity contribution >= 4 is 5.91 Å². The van der Waals surface area contributed by atoms with E-state index < -0.39 is 0 Å². The van der Waals surface area contributed by atoms with Gasteiger partial charge in [0.15, 0.2) is 11.5 Å². The first kappa shape index (κ1) is 14.7. The fourth-order valence-electron chi connectivity index (χ4n) is 3.01. The van der Waals surface area contributed by atoms with E-state index in [0.717, 1.165) is 6.42 Å². The predicted molar refractivity (Wildman–Crippen MR) is 78.2 cm³/mol. The van der Waals surface area contributed by atoms with Crippen LogP contribution in [0.5, 0.6) is 11.5 Å². The number of phenolic OH excluding ortho intramolecular Hbond substituents is 1. The average molecular weight is 277 g/mol. The molecule has 0 bridgehead atoms. The Hall–Kier alpha value is -1.71. The lowest BCUT2D eigenvalue weighted by Gasteiger charge is -2.27. The van der Waals surface area contributed by atoms with Gasteiger partial charge in [0.05, 0.1) is 12.7 Å². The summed E-state index contributed by atoms with van der Waals surface area (Å²) in [4.78, 5) is 12.2. The number of para-hydroxylation sites is 1. The van der Waals surface area contributed by atoms with Crippen molar-refractivity contribution in [2.24, 2.45) is 5.41 Å². The Morgan fingerprint density at radius 1 is 1.40 bits per heavy atom. The van der Waals surface area contributed by atoms with Crippen molar-refractivity contribution in [3.05, 3.63) is 23.8 Å². The molecule has 1 saturated carbocycles. The molecule has 0 spiro atoms. The number of benzene rings is 1. The fraction of sp³-hybridized carbons (Fsp3) is 0.562. The number of carbonyl (C=O) groups is 1. The number of amides is 1. The molecule has 1 aromatic rings. The van der Waals surface area contributed by atoms with Crippen LogP contribution in [-0.4, -0.2) is 24.7 Å². The van der Waals surface area contributed by atoms with Gasteiger partial charge in [-0.05, 0) is 36.8 Å².